The lowest BCUT2D eigenvalue weighted by Crippen LogP contribution is -2.21. The van der Waals surface area contributed by atoms with Gasteiger partial charge in [0.05, 0.1) is 25.6 Å². The number of anilines is 1. The van der Waals surface area contributed by atoms with Crippen molar-refractivity contribution in [2.75, 3.05) is 18.9 Å². The van der Waals surface area contributed by atoms with Crippen molar-refractivity contribution in [2.24, 2.45) is 0 Å². The van der Waals surface area contributed by atoms with E-state index in [0.717, 1.165) is 0 Å². The topological polar surface area (TPSA) is 119 Å². The number of imidazole rings is 1. The molecule has 2 aromatic heterocycles. The first-order valence-electron chi connectivity index (χ1n) is 6.62. The number of nitrogen functional groups attached to an aromatic ring is 1. The van der Waals surface area contributed by atoms with Gasteiger partial charge in [-0.2, -0.15) is 14.4 Å². The zero-order chi connectivity index (χ0) is 15.4. The molecule has 0 saturated carbocycles. The standard InChI is InChI=1S/C12H18FN5O3/c1-2-7(20)5-8(21-4-3-19)18-6-15-9-10(14)16-12(13)17-11(9)18/h6-8,19-20H,2-5H2,1H3,(H2,14,16,17)/t7-,8-/m1/s1. The molecule has 0 aliphatic heterocycles. The summed E-state index contributed by atoms with van der Waals surface area (Å²) >= 11 is 0. The molecule has 0 bridgehead atoms. The Morgan fingerprint density at radius 1 is 1.48 bits per heavy atom. The van der Waals surface area contributed by atoms with Gasteiger partial charge in [0, 0.05) is 6.42 Å². The van der Waals surface area contributed by atoms with Crippen LogP contribution in [0.4, 0.5) is 10.2 Å². The Kier molecular flexibility index (Phi) is 4.99. The van der Waals surface area contributed by atoms with Crippen LogP contribution < -0.4 is 5.73 Å². The highest BCUT2D eigenvalue weighted by Gasteiger charge is 2.20. The number of hydrogen-bond donors (Lipinski definition) is 3. The van der Waals surface area contributed by atoms with Crippen molar-refractivity contribution in [2.45, 2.75) is 32.1 Å². The second-order valence-corrected chi connectivity index (χ2v) is 4.55. The largest absolute Gasteiger partial charge is 0.394 e. The monoisotopic (exact) mass is 299 g/mol. The van der Waals surface area contributed by atoms with Gasteiger partial charge in [0.15, 0.2) is 17.0 Å². The lowest BCUT2D eigenvalue weighted by Gasteiger charge is -2.21. The van der Waals surface area contributed by atoms with Crippen molar-refractivity contribution in [1.82, 2.24) is 19.5 Å². The zero-order valence-electron chi connectivity index (χ0n) is 11.6. The molecule has 2 rings (SSSR count). The number of hydrogen-bond acceptors (Lipinski definition) is 7. The van der Waals surface area contributed by atoms with Gasteiger partial charge in [0.2, 0.25) is 0 Å². The van der Waals surface area contributed by atoms with E-state index in [1.54, 1.807) is 0 Å². The van der Waals surface area contributed by atoms with Crippen LogP contribution in [-0.2, 0) is 4.74 Å². The van der Waals surface area contributed by atoms with E-state index in [-0.39, 0.29) is 36.6 Å². The van der Waals surface area contributed by atoms with Gasteiger partial charge < -0.3 is 20.7 Å². The van der Waals surface area contributed by atoms with Gasteiger partial charge in [-0.3, -0.25) is 4.57 Å². The molecule has 0 saturated heterocycles. The number of aliphatic hydroxyl groups is 2. The molecule has 21 heavy (non-hydrogen) atoms. The van der Waals surface area contributed by atoms with E-state index < -0.39 is 18.4 Å². The highest BCUT2D eigenvalue weighted by Crippen LogP contribution is 2.24. The van der Waals surface area contributed by atoms with Crippen LogP contribution in [-0.4, -0.2) is 49.0 Å². The minimum atomic E-state index is -0.960. The summed E-state index contributed by atoms with van der Waals surface area (Å²) in [7, 11) is 0. The van der Waals surface area contributed by atoms with E-state index in [4.69, 9.17) is 15.6 Å². The predicted octanol–water partition coefficient (Wildman–Crippen LogP) is 0.216. The Bertz CT molecular complexity index is 606. The molecular weight excluding hydrogens is 281 g/mol. The minimum absolute atomic E-state index is 0.0619. The SMILES string of the molecule is CC[C@@H](O)C[C@@H](OCCO)n1cnc2c(N)nc(F)nc21. The number of aliphatic hydroxyl groups excluding tert-OH is 2. The van der Waals surface area contributed by atoms with Crippen molar-refractivity contribution >= 4 is 17.0 Å². The van der Waals surface area contributed by atoms with Gasteiger partial charge in [-0.25, -0.2) is 4.98 Å². The van der Waals surface area contributed by atoms with Crippen LogP contribution in [0.2, 0.25) is 0 Å². The van der Waals surface area contributed by atoms with Crippen molar-refractivity contribution in [3.8, 4) is 0 Å². The van der Waals surface area contributed by atoms with Gasteiger partial charge in [-0.15, -0.1) is 0 Å². The second-order valence-electron chi connectivity index (χ2n) is 4.55. The number of halogens is 1. The van der Waals surface area contributed by atoms with Crippen LogP contribution in [0.25, 0.3) is 11.2 Å². The Morgan fingerprint density at radius 3 is 2.90 bits per heavy atom. The number of fused-ring (bicyclic) bond motifs is 1. The molecule has 0 amide bonds. The van der Waals surface area contributed by atoms with Crippen LogP contribution in [0.5, 0.6) is 0 Å². The number of nitrogens with two attached hydrogens (primary N) is 1. The lowest BCUT2D eigenvalue weighted by atomic mass is 10.2. The first-order valence-corrected chi connectivity index (χ1v) is 6.62. The van der Waals surface area contributed by atoms with E-state index in [9.17, 15) is 9.50 Å². The summed E-state index contributed by atoms with van der Waals surface area (Å²) in [5, 5.41) is 18.7. The van der Waals surface area contributed by atoms with Crippen LogP contribution in [0.3, 0.4) is 0 Å². The molecule has 0 aromatic carbocycles. The van der Waals surface area contributed by atoms with Crippen LogP contribution in [0, 0.1) is 6.08 Å². The Labute approximate surface area is 120 Å². The molecule has 0 unspecified atom stereocenters. The molecule has 0 fully saturated rings. The number of nitrogens with zero attached hydrogens (tertiary/aromatic N) is 4. The summed E-state index contributed by atoms with van der Waals surface area (Å²) in [6, 6.07) is 0. The fourth-order valence-corrected chi connectivity index (χ4v) is 1.97. The maximum Gasteiger partial charge on any atom is 0.312 e. The third-order valence-corrected chi connectivity index (χ3v) is 3.08. The molecule has 4 N–H and O–H groups in total. The third kappa shape index (κ3) is 3.43. The summed E-state index contributed by atoms with van der Waals surface area (Å²) in [4.78, 5) is 11.1. The highest BCUT2D eigenvalue weighted by molar-refractivity contribution is 5.81. The fraction of sp³-hybridized carbons (Fsp3) is 0.583. The maximum absolute atomic E-state index is 13.3. The van der Waals surface area contributed by atoms with Gasteiger partial charge in [0.25, 0.3) is 0 Å². The Balaban J connectivity index is 2.38. The smallest absolute Gasteiger partial charge is 0.312 e. The van der Waals surface area contributed by atoms with Crippen LogP contribution in [0.15, 0.2) is 6.33 Å². The normalized spacial score (nSPS) is 14.5. The highest BCUT2D eigenvalue weighted by atomic mass is 19.1. The molecule has 0 aliphatic carbocycles. The zero-order valence-corrected chi connectivity index (χ0v) is 11.6. The molecule has 0 radical (unpaired) electrons. The average Bonchev–Trinajstić information content (AvgIpc) is 2.87. The van der Waals surface area contributed by atoms with Crippen molar-refractivity contribution in [3.63, 3.8) is 0 Å². The van der Waals surface area contributed by atoms with Gasteiger partial charge in [0.1, 0.15) is 6.23 Å². The van der Waals surface area contributed by atoms with E-state index in [1.807, 2.05) is 6.92 Å². The molecule has 2 heterocycles. The molecular formula is C12H18FN5O3. The third-order valence-electron chi connectivity index (χ3n) is 3.08. The molecule has 116 valence electrons. The first kappa shape index (κ1) is 15.5. The Hall–Kier alpha value is -1.84. The Morgan fingerprint density at radius 2 is 2.24 bits per heavy atom. The summed E-state index contributed by atoms with van der Waals surface area (Å²) in [5.41, 5.74) is 6.05. The summed E-state index contributed by atoms with van der Waals surface area (Å²) in [6.45, 7) is 1.74. The molecule has 0 spiro atoms. The first-order chi connectivity index (χ1) is 10.1. The number of ether oxygens (including phenoxy) is 1. The minimum Gasteiger partial charge on any atom is -0.394 e. The number of aromatic nitrogens is 4. The van der Waals surface area contributed by atoms with Crippen LogP contribution >= 0.6 is 0 Å². The maximum atomic E-state index is 13.3. The summed E-state index contributed by atoms with van der Waals surface area (Å²) < 4.78 is 20.3. The van der Waals surface area contributed by atoms with E-state index in [0.29, 0.717) is 6.42 Å². The average molecular weight is 299 g/mol. The van der Waals surface area contributed by atoms with Gasteiger partial charge in [-0.1, -0.05) is 6.92 Å². The molecule has 9 heteroatoms. The predicted molar refractivity (Wildman–Crippen MR) is 72.7 cm³/mol. The van der Waals surface area contributed by atoms with Crippen LogP contribution in [0.1, 0.15) is 26.0 Å². The van der Waals surface area contributed by atoms with E-state index >= 15 is 0 Å². The number of rotatable bonds is 7. The van der Waals surface area contributed by atoms with E-state index in [2.05, 4.69) is 15.0 Å². The van der Waals surface area contributed by atoms with Gasteiger partial charge >= 0.3 is 6.08 Å². The molecule has 8 nitrogen and oxygen atoms in total. The summed E-state index contributed by atoms with van der Waals surface area (Å²) in [6.07, 6.45) is 0.00382. The quantitative estimate of drug-likeness (QED) is 0.625. The summed E-state index contributed by atoms with van der Waals surface area (Å²) in [5.74, 6) is -0.0619. The van der Waals surface area contributed by atoms with E-state index in [1.165, 1.54) is 10.9 Å². The van der Waals surface area contributed by atoms with Crippen molar-refractivity contribution in [1.29, 1.82) is 0 Å². The molecule has 2 aromatic rings. The molecule has 2 atom stereocenters. The van der Waals surface area contributed by atoms with Crippen molar-refractivity contribution in [3.05, 3.63) is 12.4 Å². The van der Waals surface area contributed by atoms with Crippen molar-refractivity contribution < 1.29 is 19.3 Å². The van der Waals surface area contributed by atoms with Gasteiger partial charge in [-0.05, 0) is 6.42 Å². The lowest BCUT2D eigenvalue weighted by molar-refractivity contribution is -0.0415. The molecule has 0 aliphatic rings. The fourth-order valence-electron chi connectivity index (χ4n) is 1.97. The second kappa shape index (κ2) is 6.74.